The third-order valence-corrected chi connectivity index (χ3v) is 5.96. The summed E-state index contributed by atoms with van der Waals surface area (Å²) in [4.78, 5) is 13.1. The van der Waals surface area contributed by atoms with Crippen LogP contribution in [0.5, 0.6) is 0 Å². The van der Waals surface area contributed by atoms with Gasteiger partial charge >= 0.3 is 5.97 Å². The van der Waals surface area contributed by atoms with Gasteiger partial charge in [-0.3, -0.25) is 0 Å². The van der Waals surface area contributed by atoms with E-state index in [9.17, 15) is 18.3 Å². The molecule has 0 saturated carbocycles. The number of hydrogen-bond donors (Lipinski definition) is 1. The van der Waals surface area contributed by atoms with E-state index in [1.165, 1.54) is 22.5 Å². The fourth-order valence-corrected chi connectivity index (χ4v) is 4.14. The van der Waals surface area contributed by atoms with Crippen molar-refractivity contribution in [3.8, 4) is 0 Å². The van der Waals surface area contributed by atoms with Crippen LogP contribution in [0.25, 0.3) is 0 Å². The van der Waals surface area contributed by atoms with E-state index in [1.807, 2.05) is 19.0 Å². The minimum Gasteiger partial charge on any atom is -0.478 e. The number of likely N-dealkylation sites (N-methyl/N-ethyl adjacent to an activating group) is 1. The first kappa shape index (κ1) is 20.2. The van der Waals surface area contributed by atoms with Crippen LogP contribution in [-0.4, -0.2) is 55.9 Å². The quantitative estimate of drug-likeness (QED) is 0.756. The normalized spacial score (nSPS) is 12.1. The van der Waals surface area contributed by atoms with Crippen molar-refractivity contribution in [1.29, 1.82) is 0 Å². The predicted octanol–water partition coefficient (Wildman–Crippen LogP) is 2.35. The third-order valence-electron chi connectivity index (χ3n) is 3.98. The Kier molecular flexibility index (Phi) is 6.22. The minimum atomic E-state index is -3.89. The SMILES string of the molecule is Cc1ccc(CN(CCN(C)C)S(=O)(=O)c2cc(C(=O)O)ccc2C)o1. The van der Waals surface area contributed by atoms with E-state index in [4.69, 9.17) is 4.42 Å². The second-order valence-electron chi connectivity index (χ2n) is 6.44. The molecule has 1 aromatic carbocycles. The Balaban J connectivity index is 2.43. The predicted molar refractivity (Wildman–Crippen MR) is 97.7 cm³/mol. The van der Waals surface area contributed by atoms with Crippen molar-refractivity contribution in [2.24, 2.45) is 0 Å². The second-order valence-corrected chi connectivity index (χ2v) is 8.35. The number of carboxylic acid groups (broad SMARTS) is 1. The Morgan fingerprint density at radius 3 is 2.35 bits per heavy atom. The fraction of sp³-hybridized carbons (Fsp3) is 0.389. The first-order chi connectivity index (χ1) is 12.1. The van der Waals surface area contributed by atoms with Crippen LogP contribution in [0.4, 0.5) is 0 Å². The number of sulfonamides is 1. The minimum absolute atomic E-state index is 0.000524. The average molecular weight is 380 g/mol. The van der Waals surface area contributed by atoms with Crippen molar-refractivity contribution in [2.75, 3.05) is 27.2 Å². The number of aromatic carboxylic acids is 1. The molecule has 0 spiro atoms. The molecule has 8 heteroatoms. The molecule has 0 unspecified atom stereocenters. The number of rotatable bonds is 8. The molecule has 142 valence electrons. The lowest BCUT2D eigenvalue weighted by atomic mass is 10.1. The van der Waals surface area contributed by atoms with Gasteiger partial charge in [-0.1, -0.05) is 6.07 Å². The van der Waals surface area contributed by atoms with Gasteiger partial charge in [0, 0.05) is 13.1 Å². The zero-order chi connectivity index (χ0) is 19.5. The maximum atomic E-state index is 13.2. The highest BCUT2D eigenvalue weighted by Gasteiger charge is 2.28. The molecule has 0 aliphatic carbocycles. The zero-order valence-corrected chi connectivity index (χ0v) is 16.2. The molecule has 0 bridgehead atoms. The van der Waals surface area contributed by atoms with Crippen molar-refractivity contribution in [3.63, 3.8) is 0 Å². The van der Waals surface area contributed by atoms with Crippen LogP contribution in [0.1, 0.15) is 27.4 Å². The second kappa shape index (κ2) is 8.03. The molecule has 0 amide bonds. The molecule has 26 heavy (non-hydrogen) atoms. The number of aryl methyl sites for hydroxylation is 2. The first-order valence-corrected chi connectivity index (χ1v) is 9.59. The molecule has 0 saturated heterocycles. The van der Waals surface area contributed by atoms with Gasteiger partial charge in [0.1, 0.15) is 11.5 Å². The number of furan rings is 1. The molecule has 2 aromatic rings. The molecule has 1 heterocycles. The topological polar surface area (TPSA) is 91.1 Å². The van der Waals surface area contributed by atoms with Gasteiger partial charge in [-0.25, -0.2) is 13.2 Å². The lowest BCUT2D eigenvalue weighted by Crippen LogP contribution is -2.36. The van der Waals surface area contributed by atoms with Gasteiger partial charge in [0.25, 0.3) is 0 Å². The lowest BCUT2D eigenvalue weighted by molar-refractivity contribution is 0.0696. The average Bonchev–Trinajstić information content (AvgIpc) is 2.96. The van der Waals surface area contributed by atoms with E-state index in [0.717, 1.165) is 0 Å². The van der Waals surface area contributed by atoms with Gasteiger partial charge in [0.2, 0.25) is 10.0 Å². The van der Waals surface area contributed by atoms with Crippen molar-refractivity contribution in [2.45, 2.75) is 25.3 Å². The number of benzene rings is 1. The van der Waals surface area contributed by atoms with Crippen LogP contribution in [0.3, 0.4) is 0 Å². The Morgan fingerprint density at radius 1 is 1.12 bits per heavy atom. The van der Waals surface area contributed by atoms with Gasteiger partial charge in [0.05, 0.1) is 17.0 Å². The summed E-state index contributed by atoms with van der Waals surface area (Å²) >= 11 is 0. The highest BCUT2D eigenvalue weighted by atomic mass is 32.2. The Bertz CT molecular complexity index is 887. The van der Waals surface area contributed by atoms with E-state index >= 15 is 0 Å². The molecule has 0 fully saturated rings. The van der Waals surface area contributed by atoms with Crippen LogP contribution >= 0.6 is 0 Å². The smallest absolute Gasteiger partial charge is 0.335 e. The summed E-state index contributed by atoms with van der Waals surface area (Å²) in [7, 11) is -0.170. The fourth-order valence-electron chi connectivity index (χ4n) is 2.49. The van der Waals surface area contributed by atoms with Crippen LogP contribution in [0.15, 0.2) is 39.6 Å². The van der Waals surface area contributed by atoms with E-state index in [0.29, 0.717) is 23.6 Å². The van der Waals surface area contributed by atoms with Gasteiger partial charge < -0.3 is 14.4 Å². The van der Waals surface area contributed by atoms with Crippen LogP contribution < -0.4 is 0 Å². The van der Waals surface area contributed by atoms with Gasteiger partial charge in [0.15, 0.2) is 0 Å². The van der Waals surface area contributed by atoms with Gasteiger partial charge in [-0.05, 0) is 57.8 Å². The highest BCUT2D eigenvalue weighted by Crippen LogP contribution is 2.23. The maximum Gasteiger partial charge on any atom is 0.335 e. The van der Waals surface area contributed by atoms with Crippen molar-refractivity contribution >= 4 is 16.0 Å². The van der Waals surface area contributed by atoms with Crippen LogP contribution in [0.2, 0.25) is 0 Å². The van der Waals surface area contributed by atoms with E-state index in [2.05, 4.69) is 0 Å². The Morgan fingerprint density at radius 2 is 1.81 bits per heavy atom. The summed E-state index contributed by atoms with van der Waals surface area (Å²) in [6, 6.07) is 7.65. The summed E-state index contributed by atoms with van der Waals surface area (Å²) in [6.07, 6.45) is 0. The molecule has 0 aliphatic heterocycles. The van der Waals surface area contributed by atoms with Crippen molar-refractivity contribution in [1.82, 2.24) is 9.21 Å². The Labute approximate surface area is 153 Å². The zero-order valence-electron chi connectivity index (χ0n) is 15.4. The van der Waals surface area contributed by atoms with E-state index < -0.39 is 16.0 Å². The highest BCUT2D eigenvalue weighted by molar-refractivity contribution is 7.89. The summed E-state index contributed by atoms with van der Waals surface area (Å²) in [5.41, 5.74) is 0.441. The molecule has 0 radical (unpaired) electrons. The van der Waals surface area contributed by atoms with Crippen LogP contribution in [-0.2, 0) is 16.6 Å². The van der Waals surface area contributed by atoms with Gasteiger partial charge in [-0.15, -0.1) is 0 Å². The van der Waals surface area contributed by atoms with Crippen LogP contribution in [0, 0.1) is 13.8 Å². The summed E-state index contributed by atoms with van der Waals surface area (Å²) in [5.74, 6) is 0.0776. The number of carboxylic acids is 1. The van der Waals surface area contributed by atoms with E-state index in [-0.39, 0.29) is 23.5 Å². The lowest BCUT2D eigenvalue weighted by Gasteiger charge is -2.24. The standard InChI is InChI=1S/C18H24N2O5S/c1-13-5-7-15(18(21)22)11-17(13)26(23,24)20(10-9-19(3)4)12-16-8-6-14(2)25-16/h5-8,11H,9-10,12H2,1-4H3,(H,21,22). The summed E-state index contributed by atoms with van der Waals surface area (Å²) < 4.78 is 33.3. The maximum absolute atomic E-state index is 13.2. The largest absolute Gasteiger partial charge is 0.478 e. The number of carbonyl (C=O) groups is 1. The van der Waals surface area contributed by atoms with Crippen molar-refractivity contribution in [3.05, 3.63) is 53.0 Å². The first-order valence-electron chi connectivity index (χ1n) is 8.15. The number of nitrogens with zero attached hydrogens (tertiary/aromatic N) is 2. The van der Waals surface area contributed by atoms with Gasteiger partial charge in [-0.2, -0.15) is 4.31 Å². The van der Waals surface area contributed by atoms with Crippen molar-refractivity contribution < 1.29 is 22.7 Å². The summed E-state index contributed by atoms with van der Waals surface area (Å²) in [5, 5.41) is 9.19. The monoisotopic (exact) mass is 380 g/mol. The molecule has 2 rings (SSSR count). The summed E-state index contributed by atoms with van der Waals surface area (Å²) in [6.45, 7) is 4.31. The molecule has 0 aliphatic rings. The molecular formula is C18H24N2O5S. The molecule has 1 N–H and O–H groups in total. The molecular weight excluding hydrogens is 356 g/mol. The third kappa shape index (κ3) is 4.72. The molecule has 0 atom stereocenters. The Hall–Kier alpha value is -2.16. The molecule has 7 nitrogen and oxygen atoms in total. The number of hydrogen-bond acceptors (Lipinski definition) is 5. The molecule has 1 aromatic heterocycles. The van der Waals surface area contributed by atoms with E-state index in [1.54, 1.807) is 26.0 Å².